The Kier molecular flexibility index (Phi) is 2.80. The molecule has 0 bridgehead atoms. The summed E-state index contributed by atoms with van der Waals surface area (Å²) < 4.78 is 14.4. The average Bonchev–Trinajstić information content (AvgIpc) is 2.30. The Bertz CT molecular complexity index is 110. The lowest BCUT2D eigenvalue weighted by atomic mass is 10.2. The van der Waals surface area contributed by atoms with Crippen molar-refractivity contribution in [2.45, 2.75) is 24.8 Å². The third kappa shape index (κ3) is 1.52. The molecule has 1 fully saturated rings. The molecule has 0 spiro atoms. The van der Waals surface area contributed by atoms with Crippen molar-refractivity contribution in [3.05, 3.63) is 0 Å². The predicted molar refractivity (Wildman–Crippen MR) is 34.7 cm³/mol. The third-order valence-corrected chi connectivity index (χ3v) is 1.64. The fourth-order valence-electron chi connectivity index (χ4n) is 1.01. The standard InChI is InChI=1S/C6H12O5/c1-9-5-3(7)4(8)6(10-2)11-5/h3-8H,1-2H3/t3-,4+,5-,6-/m1/s1. The van der Waals surface area contributed by atoms with Gasteiger partial charge in [-0.1, -0.05) is 0 Å². The zero-order valence-corrected chi connectivity index (χ0v) is 6.43. The molecule has 1 aliphatic heterocycles. The maximum absolute atomic E-state index is 9.18. The van der Waals surface area contributed by atoms with E-state index in [9.17, 15) is 10.2 Å². The summed E-state index contributed by atoms with van der Waals surface area (Å²) in [4.78, 5) is 0. The first-order valence-corrected chi connectivity index (χ1v) is 3.28. The predicted octanol–water partition coefficient (Wildman–Crippen LogP) is -1.32. The molecule has 11 heavy (non-hydrogen) atoms. The summed E-state index contributed by atoms with van der Waals surface area (Å²) >= 11 is 0. The van der Waals surface area contributed by atoms with Crippen LogP contribution >= 0.6 is 0 Å². The van der Waals surface area contributed by atoms with E-state index in [-0.39, 0.29) is 0 Å². The first-order chi connectivity index (χ1) is 5.20. The van der Waals surface area contributed by atoms with Crippen LogP contribution in [-0.2, 0) is 14.2 Å². The van der Waals surface area contributed by atoms with Crippen LogP contribution in [0.15, 0.2) is 0 Å². The van der Waals surface area contributed by atoms with Crippen LogP contribution in [0.5, 0.6) is 0 Å². The van der Waals surface area contributed by atoms with Crippen molar-refractivity contribution in [3.63, 3.8) is 0 Å². The molecular weight excluding hydrogens is 152 g/mol. The minimum Gasteiger partial charge on any atom is -0.385 e. The van der Waals surface area contributed by atoms with Gasteiger partial charge in [0.15, 0.2) is 12.6 Å². The van der Waals surface area contributed by atoms with E-state index in [0.29, 0.717) is 0 Å². The van der Waals surface area contributed by atoms with Crippen LogP contribution in [0.4, 0.5) is 0 Å². The number of aliphatic hydroxyl groups is 2. The van der Waals surface area contributed by atoms with Gasteiger partial charge in [-0.05, 0) is 0 Å². The van der Waals surface area contributed by atoms with Crippen molar-refractivity contribution in [3.8, 4) is 0 Å². The summed E-state index contributed by atoms with van der Waals surface area (Å²) in [6, 6.07) is 0. The topological polar surface area (TPSA) is 68.2 Å². The number of aliphatic hydroxyl groups excluding tert-OH is 2. The van der Waals surface area contributed by atoms with Crippen LogP contribution in [0, 0.1) is 0 Å². The molecule has 66 valence electrons. The van der Waals surface area contributed by atoms with E-state index in [1.807, 2.05) is 0 Å². The van der Waals surface area contributed by atoms with Crippen LogP contribution in [0.3, 0.4) is 0 Å². The fraction of sp³-hybridized carbons (Fsp3) is 1.00. The lowest BCUT2D eigenvalue weighted by molar-refractivity contribution is -0.205. The van der Waals surface area contributed by atoms with E-state index in [1.54, 1.807) is 0 Å². The molecule has 0 aliphatic carbocycles. The molecular formula is C6H12O5. The molecule has 0 radical (unpaired) electrons. The van der Waals surface area contributed by atoms with Gasteiger partial charge in [-0.15, -0.1) is 0 Å². The summed E-state index contributed by atoms with van der Waals surface area (Å²) in [5.74, 6) is 0. The highest BCUT2D eigenvalue weighted by molar-refractivity contribution is 4.81. The van der Waals surface area contributed by atoms with Crippen molar-refractivity contribution < 1.29 is 24.4 Å². The molecule has 2 N–H and O–H groups in total. The van der Waals surface area contributed by atoms with Gasteiger partial charge in [0.25, 0.3) is 0 Å². The first-order valence-electron chi connectivity index (χ1n) is 3.28. The highest BCUT2D eigenvalue weighted by atomic mass is 16.8. The number of methoxy groups -OCH3 is 2. The summed E-state index contributed by atoms with van der Waals surface area (Å²) in [7, 11) is 2.78. The van der Waals surface area contributed by atoms with Gasteiger partial charge in [-0.2, -0.15) is 0 Å². The fourth-order valence-corrected chi connectivity index (χ4v) is 1.01. The van der Waals surface area contributed by atoms with Gasteiger partial charge >= 0.3 is 0 Å². The monoisotopic (exact) mass is 164 g/mol. The minimum atomic E-state index is -1.04. The molecule has 0 aromatic heterocycles. The van der Waals surface area contributed by atoms with Gasteiger partial charge in [0.1, 0.15) is 12.2 Å². The van der Waals surface area contributed by atoms with E-state index in [0.717, 1.165) is 0 Å². The third-order valence-electron chi connectivity index (χ3n) is 1.64. The molecule has 0 saturated carbocycles. The second-order valence-electron chi connectivity index (χ2n) is 2.33. The van der Waals surface area contributed by atoms with Crippen molar-refractivity contribution >= 4 is 0 Å². The largest absolute Gasteiger partial charge is 0.385 e. The zero-order chi connectivity index (χ0) is 8.43. The van der Waals surface area contributed by atoms with Crippen LogP contribution in [0.1, 0.15) is 0 Å². The van der Waals surface area contributed by atoms with Gasteiger partial charge in [0, 0.05) is 14.2 Å². The lowest BCUT2D eigenvalue weighted by Crippen LogP contribution is -2.33. The molecule has 0 amide bonds. The highest BCUT2D eigenvalue weighted by Gasteiger charge is 2.43. The zero-order valence-electron chi connectivity index (χ0n) is 6.43. The summed E-state index contributed by atoms with van der Waals surface area (Å²) in [5, 5.41) is 18.4. The van der Waals surface area contributed by atoms with E-state index in [2.05, 4.69) is 0 Å². The lowest BCUT2D eigenvalue weighted by Gasteiger charge is -2.10. The maximum Gasteiger partial charge on any atom is 0.189 e. The molecule has 0 aromatic carbocycles. The number of ether oxygens (including phenoxy) is 3. The van der Waals surface area contributed by atoms with Crippen LogP contribution < -0.4 is 0 Å². The Hall–Kier alpha value is -0.200. The van der Waals surface area contributed by atoms with E-state index in [4.69, 9.17) is 14.2 Å². The number of hydrogen-bond donors (Lipinski definition) is 2. The summed E-state index contributed by atoms with van der Waals surface area (Å²) in [5.41, 5.74) is 0. The first kappa shape index (κ1) is 8.89. The molecule has 4 atom stereocenters. The number of hydrogen-bond acceptors (Lipinski definition) is 5. The Morgan fingerprint density at radius 2 is 1.36 bits per heavy atom. The van der Waals surface area contributed by atoms with Gasteiger partial charge in [-0.3, -0.25) is 0 Å². The smallest absolute Gasteiger partial charge is 0.189 e. The van der Waals surface area contributed by atoms with Crippen LogP contribution in [0.25, 0.3) is 0 Å². The second-order valence-corrected chi connectivity index (χ2v) is 2.33. The van der Waals surface area contributed by atoms with Crippen molar-refractivity contribution in [2.24, 2.45) is 0 Å². The Labute approximate surface area is 64.5 Å². The molecule has 0 aromatic rings. The molecule has 1 aliphatic rings. The molecule has 5 nitrogen and oxygen atoms in total. The van der Waals surface area contributed by atoms with E-state index < -0.39 is 24.8 Å². The Morgan fingerprint density at radius 3 is 1.55 bits per heavy atom. The van der Waals surface area contributed by atoms with Crippen molar-refractivity contribution in [1.29, 1.82) is 0 Å². The minimum absolute atomic E-state index is 0.796. The molecule has 0 unspecified atom stereocenters. The van der Waals surface area contributed by atoms with Crippen molar-refractivity contribution in [2.75, 3.05) is 14.2 Å². The normalized spacial score (nSPS) is 44.7. The highest BCUT2D eigenvalue weighted by Crippen LogP contribution is 2.21. The Morgan fingerprint density at radius 1 is 1.00 bits per heavy atom. The van der Waals surface area contributed by atoms with Crippen molar-refractivity contribution in [1.82, 2.24) is 0 Å². The average molecular weight is 164 g/mol. The van der Waals surface area contributed by atoms with Crippen LogP contribution in [-0.4, -0.2) is 49.2 Å². The van der Waals surface area contributed by atoms with Gasteiger partial charge in [-0.25, -0.2) is 0 Å². The summed E-state index contributed by atoms with van der Waals surface area (Å²) in [6.45, 7) is 0. The Balaban J connectivity index is 2.53. The molecule has 1 saturated heterocycles. The van der Waals surface area contributed by atoms with Crippen LogP contribution in [0.2, 0.25) is 0 Å². The van der Waals surface area contributed by atoms with Gasteiger partial charge in [0.05, 0.1) is 0 Å². The number of rotatable bonds is 2. The maximum atomic E-state index is 9.18. The molecule has 5 heteroatoms. The van der Waals surface area contributed by atoms with E-state index in [1.165, 1.54) is 14.2 Å². The van der Waals surface area contributed by atoms with Gasteiger partial charge in [0.2, 0.25) is 0 Å². The SMILES string of the molecule is CO[C@@H]1O[C@@H](OC)[C@H](O)[C@@H]1O. The molecule has 1 rings (SSSR count). The van der Waals surface area contributed by atoms with Gasteiger partial charge < -0.3 is 24.4 Å². The quantitative estimate of drug-likeness (QED) is 0.530. The molecule has 1 heterocycles. The van der Waals surface area contributed by atoms with E-state index >= 15 is 0 Å². The summed E-state index contributed by atoms with van der Waals surface area (Å²) in [6.07, 6.45) is -3.67. The second kappa shape index (κ2) is 3.46.